The lowest BCUT2D eigenvalue weighted by atomic mass is 10.1. The monoisotopic (exact) mass is 282 g/mol. The number of carbonyl (C=O) groups is 2. The van der Waals surface area contributed by atoms with Crippen molar-refractivity contribution in [1.82, 2.24) is 5.32 Å². The molecular formula is C13H18N2O5. The lowest BCUT2D eigenvalue weighted by Gasteiger charge is -2.15. The smallest absolute Gasteiger partial charge is 0.337 e. The van der Waals surface area contributed by atoms with Crippen molar-refractivity contribution in [3.63, 3.8) is 0 Å². The summed E-state index contributed by atoms with van der Waals surface area (Å²) < 4.78 is 4.90. The Morgan fingerprint density at radius 3 is 2.70 bits per heavy atom. The number of rotatable bonds is 6. The number of carboxylic acid groups (broad SMARTS) is 1. The van der Waals surface area contributed by atoms with Crippen LogP contribution in [0.25, 0.3) is 0 Å². The number of hydrogen-bond donors (Lipinski definition) is 4. The first-order valence-electron chi connectivity index (χ1n) is 6.06. The highest BCUT2D eigenvalue weighted by Gasteiger charge is 2.14. The van der Waals surface area contributed by atoms with Crippen LogP contribution in [0.4, 0.5) is 10.5 Å². The number of anilines is 1. The van der Waals surface area contributed by atoms with E-state index in [0.717, 1.165) is 6.07 Å². The lowest BCUT2D eigenvalue weighted by Crippen LogP contribution is -2.37. The van der Waals surface area contributed by atoms with Gasteiger partial charge in [0.1, 0.15) is 5.75 Å². The van der Waals surface area contributed by atoms with Gasteiger partial charge in [-0.25, -0.2) is 9.59 Å². The van der Waals surface area contributed by atoms with E-state index >= 15 is 0 Å². The summed E-state index contributed by atoms with van der Waals surface area (Å²) >= 11 is 0. The van der Waals surface area contributed by atoms with E-state index in [1.165, 1.54) is 12.1 Å². The largest absolute Gasteiger partial charge is 0.508 e. The van der Waals surface area contributed by atoms with Gasteiger partial charge in [-0.2, -0.15) is 0 Å². The molecule has 0 aliphatic carbocycles. The fourth-order valence-corrected chi connectivity index (χ4v) is 1.57. The zero-order valence-corrected chi connectivity index (χ0v) is 11.3. The first-order chi connectivity index (χ1) is 9.43. The molecular weight excluding hydrogens is 264 g/mol. The number of carboxylic acids is 1. The van der Waals surface area contributed by atoms with Crippen LogP contribution in [-0.4, -0.2) is 42.0 Å². The third-order valence-corrected chi connectivity index (χ3v) is 2.61. The number of nitrogens with one attached hydrogen (secondary N) is 2. The van der Waals surface area contributed by atoms with Crippen molar-refractivity contribution in [3.8, 4) is 5.75 Å². The van der Waals surface area contributed by atoms with E-state index in [0.29, 0.717) is 13.0 Å². The van der Waals surface area contributed by atoms with E-state index in [1.807, 2.05) is 6.92 Å². The van der Waals surface area contributed by atoms with Crippen LogP contribution < -0.4 is 10.6 Å². The molecule has 0 bridgehead atoms. The molecule has 2 amide bonds. The molecule has 20 heavy (non-hydrogen) atoms. The minimum atomic E-state index is -1.23. The van der Waals surface area contributed by atoms with Crippen LogP contribution in [0.3, 0.4) is 0 Å². The van der Waals surface area contributed by atoms with Crippen LogP contribution in [0.5, 0.6) is 5.75 Å². The number of aromatic hydroxyl groups is 1. The second-order valence-electron chi connectivity index (χ2n) is 4.32. The molecule has 0 aliphatic rings. The van der Waals surface area contributed by atoms with Crippen LogP contribution in [0.1, 0.15) is 23.7 Å². The second kappa shape index (κ2) is 7.34. The summed E-state index contributed by atoms with van der Waals surface area (Å²) in [6, 6.07) is 3.09. The van der Waals surface area contributed by atoms with Crippen molar-refractivity contribution in [2.24, 2.45) is 0 Å². The quantitative estimate of drug-likeness (QED) is 0.593. The summed E-state index contributed by atoms with van der Waals surface area (Å²) in [5, 5.41) is 23.4. The molecule has 0 aliphatic heterocycles. The van der Waals surface area contributed by atoms with Gasteiger partial charge in [-0.15, -0.1) is 0 Å². The number of phenolic OH excluding ortho intramolecular Hbond substituents is 1. The number of benzene rings is 1. The van der Waals surface area contributed by atoms with Crippen molar-refractivity contribution in [3.05, 3.63) is 23.8 Å². The fourth-order valence-electron chi connectivity index (χ4n) is 1.57. The van der Waals surface area contributed by atoms with Gasteiger partial charge in [0.05, 0.1) is 11.3 Å². The second-order valence-corrected chi connectivity index (χ2v) is 4.32. The van der Waals surface area contributed by atoms with Gasteiger partial charge in [0.2, 0.25) is 0 Å². The number of urea groups is 1. The molecule has 1 unspecified atom stereocenters. The molecule has 7 nitrogen and oxygen atoms in total. The SMILES string of the molecule is COCCC(C)NC(=O)Nc1ccc(O)cc1C(=O)O. The number of ether oxygens (including phenoxy) is 1. The van der Waals surface area contributed by atoms with Gasteiger partial charge < -0.3 is 25.6 Å². The van der Waals surface area contributed by atoms with E-state index in [-0.39, 0.29) is 23.0 Å². The van der Waals surface area contributed by atoms with Crippen molar-refractivity contribution in [2.75, 3.05) is 19.0 Å². The Balaban J connectivity index is 2.68. The van der Waals surface area contributed by atoms with E-state index < -0.39 is 12.0 Å². The van der Waals surface area contributed by atoms with Gasteiger partial charge in [-0.05, 0) is 31.5 Å². The van der Waals surface area contributed by atoms with Gasteiger partial charge in [0.25, 0.3) is 0 Å². The van der Waals surface area contributed by atoms with Crippen molar-refractivity contribution < 1.29 is 24.5 Å². The number of aromatic carboxylic acids is 1. The topological polar surface area (TPSA) is 108 Å². The molecule has 0 saturated carbocycles. The minimum Gasteiger partial charge on any atom is -0.508 e. The predicted molar refractivity (Wildman–Crippen MR) is 73.2 cm³/mol. The maximum absolute atomic E-state index is 11.7. The molecule has 1 aromatic rings. The first-order valence-corrected chi connectivity index (χ1v) is 6.06. The van der Waals surface area contributed by atoms with Gasteiger partial charge in [0.15, 0.2) is 0 Å². The van der Waals surface area contributed by atoms with E-state index in [4.69, 9.17) is 9.84 Å². The number of methoxy groups -OCH3 is 1. The van der Waals surface area contributed by atoms with Crippen molar-refractivity contribution in [1.29, 1.82) is 0 Å². The number of carbonyl (C=O) groups excluding carboxylic acids is 1. The fraction of sp³-hybridized carbons (Fsp3) is 0.385. The van der Waals surface area contributed by atoms with Gasteiger partial charge >= 0.3 is 12.0 Å². The van der Waals surface area contributed by atoms with Crippen LogP contribution in [0.2, 0.25) is 0 Å². The first kappa shape index (κ1) is 15.8. The van der Waals surface area contributed by atoms with E-state index in [1.54, 1.807) is 7.11 Å². The Labute approximate surface area is 116 Å². The molecule has 0 spiro atoms. The summed E-state index contributed by atoms with van der Waals surface area (Å²) in [5.74, 6) is -1.41. The number of amides is 2. The molecule has 7 heteroatoms. The number of hydrogen-bond acceptors (Lipinski definition) is 4. The summed E-state index contributed by atoms with van der Waals surface area (Å²) in [6.07, 6.45) is 0.644. The van der Waals surface area contributed by atoms with Crippen LogP contribution in [0.15, 0.2) is 18.2 Å². The van der Waals surface area contributed by atoms with Gasteiger partial charge in [-0.1, -0.05) is 0 Å². The molecule has 0 fully saturated rings. The Bertz CT molecular complexity index is 490. The highest BCUT2D eigenvalue weighted by Crippen LogP contribution is 2.21. The highest BCUT2D eigenvalue weighted by molar-refractivity contribution is 6.00. The zero-order chi connectivity index (χ0) is 15.1. The molecule has 4 N–H and O–H groups in total. The third-order valence-electron chi connectivity index (χ3n) is 2.61. The molecule has 0 aromatic heterocycles. The van der Waals surface area contributed by atoms with Crippen molar-refractivity contribution in [2.45, 2.75) is 19.4 Å². The molecule has 1 aromatic carbocycles. The maximum Gasteiger partial charge on any atom is 0.337 e. The van der Waals surface area contributed by atoms with E-state index in [2.05, 4.69) is 10.6 Å². The molecule has 110 valence electrons. The van der Waals surface area contributed by atoms with Crippen LogP contribution in [0, 0.1) is 0 Å². The number of phenols is 1. The van der Waals surface area contributed by atoms with Gasteiger partial charge in [-0.3, -0.25) is 0 Å². The molecule has 0 saturated heterocycles. The highest BCUT2D eigenvalue weighted by atomic mass is 16.5. The third kappa shape index (κ3) is 4.77. The normalized spacial score (nSPS) is 11.7. The zero-order valence-electron chi connectivity index (χ0n) is 11.3. The Morgan fingerprint density at radius 2 is 2.10 bits per heavy atom. The summed E-state index contributed by atoms with van der Waals surface area (Å²) in [6.45, 7) is 2.33. The molecule has 1 rings (SSSR count). The van der Waals surface area contributed by atoms with Crippen LogP contribution in [-0.2, 0) is 4.74 Å². The summed E-state index contributed by atoms with van der Waals surface area (Å²) in [5.41, 5.74) is -0.0589. The summed E-state index contributed by atoms with van der Waals surface area (Å²) in [4.78, 5) is 22.7. The maximum atomic E-state index is 11.7. The van der Waals surface area contributed by atoms with Gasteiger partial charge in [0, 0.05) is 19.8 Å². The predicted octanol–water partition coefficient (Wildman–Crippen LogP) is 1.64. The van der Waals surface area contributed by atoms with Crippen LogP contribution >= 0.6 is 0 Å². The summed E-state index contributed by atoms with van der Waals surface area (Å²) in [7, 11) is 1.57. The molecule has 1 atom stereocenters. The molecule has 0 heterocycles. The Kier molecular flexibility index (Phi) is 5.79. The average Bonchev–Trinajstić information content (AvgIpc) is 2.38. The van der Waals surface area contributed by atoms with E-state index in [9.17, 15) is 14.7 Å². The molecule has 0 radical (unpaired) electrons. The Morgan fingerprint density at radius 1 is 1.40 bits per heavy atom. The van der Waals surface area contributed by atoms with Crippen molar-refractivity contribution >= 4 is 17.7 Å². The minimum absolute atomic E-state index is 0.111. The average molecular weight is 282 g/mol. The lowest BCUT2D eigenvalue weighted by molar-refractivity contribution is 0.0697. The standard InChI is InChI=1S/C13H18N2O5/c1-8(5-6-20-2)14-13(19)15-11-4-3-9(16)7-10(11)12(17)18/h3-4,7-8,16H,5-6H2,1-2H3,(H,17,18)(H2,14,15,19). The Hall–Kier alpha value is -2.28.